The third-order valence-electron chi connectivity index (χ3n) is 7.24. The molecule has 1 amide bonds. The maximum atomic E-state index is 13.8. The molecule has 3 aliphatic rings. The van der Waals surface area contributed by atoms with Gasteiger partial charge in [0.25, 0.3) is 0 Å². The summed E-state index contributed by atoms with van der Waals surface area (Å²) in [7, 11) is 0. The smallest absolute Gasteiger partial charge is 0.411 e. The Labute approximate surface area is 209 Å². The van der Waals surface area contributed by atoms with Gasteiger partial charge >= 0.3 is 12.1 Å². The van der Waals surface area contributed by atoms with Crippen molar-refractivity contribution in [3.05, 3.63) is 52.0 Å². The van der Waals surface area contributed by atoms with Gasteiger partial charge in [-0.3, -0.25) is 9.69 Å². The number of hydrogen-bond donors (Lipinski definition) is 1. The SMILES string of the molecule is CC(C)(C)OC(=O)N1CCC[C@@]1(C(=O)O)C1CCc2c(ccc3c2OCc2cc(Cl)ccc2-3)C1=O. The Hall–Kier alpha value is -3.06. The molecule has 2 atom stereocenters. The van der Waals surface area contributed by atoms with Gasteiger partial charge in [0.15, 0.2) is 11.3 Å². The summed E-state index contributed by atoms with van der Waals surface area (Å²) in [6.07, 6.45) is 0.803. The summed E-state index contributed by atoms with van der Waals surface area (Å²) in [5, 5.41) is 11.0. The summed E-state index contributed by atoms with van der Waals surface area (Å²) in [5.74, 6) is -1.63. The van der Waals surface area contributed by atoms with E-state index < -0.39 is 29.1 Å². The van der Waals surface area contributed by atoms with Crippen LogP contribution >= 0.6 is 11.6 Å². The van der Waals surface area contributed by atoms with Crippen LogP contribution < -0.4 is 4.74 Å². The number of carbonyl (C=O) groups is 3. The van der Waals surface area contributed by atoms with Gasteiger partial charge in [-0.05, 0) is 75.8 Å². The van der Waals surface area contributed by atoms with E-state index in [-0.39, 0.29) is 18.7 Å². The third kappa shape index (κ3) is 3.77. The number of carboxylic acid groups (broad SMARTS) is 1. The highest BCUT2D eigenvalue weighted by Crippen LogP contribution is 2.48. The number of nitrogens with zero attached hydrogens (tertiary/aromatic N) is 1. The van der Waals surface area contributed by atoms with Crippen molar-refractivity contribution in [1.82, 2.24) is 4.90 Å². The van der Waals surface area contributed by atoms with Crippen molar-refractivity contribution < 1.29 is 29.0 Å². The molecule has 2 aromatic rings. The minimum atomic E-state index is -1.63. The Balaban J connectivity index is 1.53. The van der Waals surface area contributed by atoms with E-state index in [1.165, 1.54) is 4.90 Å². The predicted molar refractivity (Wildman–Crippen MR) is 130 cm³/mol. The lowest BCUT2D eigenvalue weighted by molar-refractivity contribution is -0.152. The first-order valence-electron chi connectivity index (χ1n) is 11.9. The van der Waals surface area contributed by atoms with Crippen LogP contribution in [0.15, 0.2) is 30.3 Å². The van der Waals surface area contributed by atoms with Crippen LogP contribution in [0.5, 0.6) is 5.75 Å². The molecule has 0 spiro atoms. The quantitative estimate of drug-likeness (QED) is 0.589. The molecule has 0 aromatic heterocycles. The first-order valence-corrected chi connectivity index (χ1v) is 12.3. The van der Waals surface area contributed by atoms with Crippen molar-refractivity contribution in [2.45, 2.75) is 64.2 Å². The molecule has 5 rings (SSSR count). The number of halogens is 1. The molecule has 2 aromatic carbocycles. The number of likely N-dealkylation sites (tertiary alicyclic amines) is 1. The maximum Gasteiger partial charge on any atom is 0.411 e. The molecular formula is C27H28ClNO6. The van der Waals surface area contributed by atoms with Crippen molar-refractivity contribution in [1.29, 1.82) is 0 Å². The second-order valence-electron chi connectivity index (χ2n) is 10.5. The zero-order chi connectivity index (χ0) is 25.1. The van der Waals surface area contributed by atoms with Gasteiger partial charge < -0.3 is 14.6 Å². The molecule has 1 fully saturated rings. The average Bonchev–Trinajstić information content (AvgIpc) is 3.24. The van der Waals surface area contributed by atoms with Gasteiger partial charge in [0, 0.05) is 28.3 Å². The third-order valence-corrected chi connectivity index (χ3v) is 7.47. The number of benzene rings is 2. The maximum absolute atomic E-state index is 13.8. The first kappa shape index (κ1) is 23.7. The fourth-order valence-corrected chi connectivity index (χ4v) is 5.98. The van der Waals surface area contributed by atoms with Crippen LogP contribution in [-0.2, 0) is 22.6 Å². The molecule has 0 saturated carbocycles. The minimum absolute atomic E-state index is 0.211. The normalized spacial score (nSPS) is 23.1. The Morgan fingerprint density at radius 2 is 1.89 bits per heavy atom. The highest BCUT2D eigenvalue weighted by Gasteiger charge is 2.59. The van der Waals surface area contributed by atoms with Crippen molar-refractivity contribution in [3.8, 4) is 16.9 Å². The predicted octanol–water partition coefficient (Wildman–Crippen LogP) is 5.50. The fraction of sp³-hybridized carbons (Fsp3) is 0.444. The summed E-state index contributed by atoms with van der Waals surface area (Å²) in [4.78, 5) is 40.8. The zero-order valence-electron chi connectivity index (χ0n) is 20.0. The van der Waals surface area contributed by atoms with Crippen LogP contribution in [0.2, 0.25) is 5.02 Å². The number of ketones is 1. The topological polar surface area (TPSA) is 93.1 Å². The van der Waals surface area contributed by atoms with Crippen molar-refractivity contribution in [2.24, 2.45) is 5.92 Å². The molecule has 2 heterocycles. The van der Waals surface area contributed by atoms with Gasteiger partial charge in [0.2, 0.25) is 0 Å². The van der Waals surface area contributed by atoms with E-state index in [0.717, 1.165) is 22.3 Å². The Morgan fingerprint density at radius 3 is 2.60 bits per heavy atom. The van der Waals surface area contributed by atoms with Gasteiger partial charge in [0.05, 0.1) is 5.92 Å². The number of fused-ring (bicyclic) bond motifs is 5. The second-order valence-corrected chi connectivity index (χ2v) is 10.9. The highest BCUT2D eigenvalue weighted by molar-refractivity contribution is 6.30. The molecular weight excluding hydrogens is 470 g/mol. The molecule has 7 nitrogen and oxygen atoms in total. The Bertz CT molecular complexity index is 1250. The fourth-order valence-electron chi connectivity index (χ4n) is 5.79. The van der Waals surface area contributed by atoms with Crippen molar-refractivity contribution in [3.63, 3.8) is 0 Å². The van der Waals surface area contributed by atoms with E-state index >= 15 is 0 Å². The largest absolute Gasteiger partial charge is 0.488 e. The van der Waals surface area contributed by atoms with E-state index in [9.17, 15) is 19.5 Å². The van der Waals surface area contributed by atoms with Gasteiger partial charge in [0.1, 0.15) is 18.0 Å². The number of hydrogen-bond acceptors (Lipinski definition) is 5. The van der Waals surface area contributed by atoms with E-state index in [1.807, 2.05) is 24.3 Å². The summed E-state index contributed by atoms with van der Waals surface area (Å²) in [6.45, 7) is 5.80. The number of carbonyl (C=O) groups excluding carboxylic acids is 2. The molecule has 0 bridgehead atoms. The minimum Gasteiger partial charge on any atom is -0.488 e. The molecule has 1 N–H and O–H groups in total. The summed E-state index contributed by atoms with van der Waals surface area (Å²) < 4.78 is 11.6. The molecule has 35 heavy (non-hydrogen) atoms. The standard InChI is InChI=1S/C27H28ClNO6/c1-26(2,3)35-25(33)29-12-4-11-27(29,24(31)32)21-10-9-20-18(22(21)30)7-8-19-17-6-5-16(28)13-15(17)14-34-23(19)20/h5-8,13,21H,4,9-12,14H2,1-3H3,(H,31,32)/t21?,27-/m0/s1. The molecule has 0 radical (unpaired) electrons. The van der Waals surface area contributed by atoms with Crippen molar-refractivity contribution >= 4 is 29.4 Å². The molecule has 2 aliphatic heterocycles. The second kappa shape index (κ2) is 8.26. The summed E-state index contributed by atoms with van der Waals surface area (Å²) >= 11 is 6.14. The van der Waals surface area contributed by atoms with E-state index in [0.29, 0.717) is 42.2 Å². The Kier molecular flexibility index (Phi) is 5.59. The van der Waals surface area contributed by atoms with Gasteiger partial charge in [-0.1, -0.05) is 23.7 Å². The zero-order valence-corrected chi connectivity index (χ0v) is 20.8. The van der Waals surface area contributed by atoms with E-state index in [1.54, 1.807) is 26.8 Å². The lowest BCUT2D eigenvalue weighted by atomic mass is 9.69. The molecule has 1 unspecified atom stereocenters. The van der Waals surface area contributed by atoms with Crippen LogP contribution in [0.1, 0.15) is 61.5 Å². The van der Waals surface area contributed by atoms with Crippen LogP contribution in [0.25, 0.3) is 11.1 Å². The van der Waals surface area contributed by atoms with Crippen LogP contribution in [0, 0.1) is 5.92 Å². The number of ether oxygens (including phenoxy) is 2. The lowest BCUT2D eigenvalue weighted by Crippen LogP contribution is -2.61. The van der Waals surface area contributed by atoms with E-state index in [2.05, 4.69) is 0 Å². The first-order chi connectivity index (χ1) is 16.5. The van der Waals surface area contributed by atoms with Crippen molar-refractivity contribution in [2.75, 3.05) is 6.54 Å². The summed E-state index contributed by atoms with van der Waals surface area (Å²) in [6, 6.07) is 9.28. The molecule has 1 saturated heterocycles. The number of Topliss-reactive ketones (excluding diaryl/α,β-unsaturated/α-hetero) is 1. The monoisotopic (exact) mass is 497 g/mol. The van der Waals surface area contributed by atoms with Crippen LogP contribution in [0.3, 0.4) is 0 Å². The number of rotatable bonds is 2. The van der Waals surface area contributed by atoms with Gasteiger partial charge in [-0.15, -0.1) is 0 Å². The Morgan fingerprint density at radius 1 is 1.17 bits per heavy atom. The van der Waals surface area contributed by atoms with E-state index in [4.69, 9.17) is 21.1 Å². The van der Waals surface area contributed by atoms with Gasteiger partial charge in [-0.2, -0.15) is 0 Å². The lowest BCUT2D eigenvalue weighted by Gasteiger charge is -2.42. The average molecular weight is 498 g/mol. The highest BCUT2D eigenvalue weighted by atomic mass is 35.5. The number of carboxylic acids is 1. The van der Waals surface area contributed by atoms with Gasteiger partial charge in [-0.25, -0.2) is 9.59 Å². The molecule has 184 valence electrons. The number of aliphatic carboxylic acids is 1. The molecule has 1 aliphatic carbocycles. The molecule has 8 heteroatoms. The number of amides is 1. The summed E-state index contributed by atoms with van der Waals surface area (Å²) in [5.41, 5.74) is 1.76. The van der Waals surface area contributed by atoms with Crippen LogP contribution in [0.4, 0.5) is 4.79 Å². The van der Waals surface area contributed by atoms with Crippen LogP contribution in [-0.4, -0.2) is 45.5 Å².